The van der Waals surface area contributed by atoms with Crippen LogP contribution in [-0.2, 0) is 24.5 Å². The van der Waals surface area contributed by atoms with Gasteiger partial charge in [0.1, 0.15) is 0 Å². The smallest absolute Gasteiger partial charge is 0.0179 e. The number of nitrogens with zero attached hydrogens (tertiary/aromatic N) is 2. The zero-order valence-electron chi connectivity index (χ0n) is 16.8. The first kappa shape index (κ1) is 21.8. The summed E-state index contributed by atoms with van der Waals surface area (Å²) in [7, 11) is 0. The lowest BCUT2D eigenvalue weighted by Gasteiger charge is -2.69. The largest absolute Gasteiger partial charge is 0.739 e. The number of piperidine rings is 2. The van der Waals surface area contributed by atoms with Crippen LogP contribution in [0, 0.1) is 0 Å². The Bertz CT molecular complexity index is 392. The van der Waals surface area contributed by atoms with Gasteiger partial charge in [-0.1, -0.05) is 0 Å². The van der Waals surface area contributed by atoms with E-state index in [1.165, 1.54) is 38.5 Å². The van der Waals surface area contributed by atoms with Crippen LogP contribution in [0.25, 0.3) is 0 Å². The Balaban J connectivity index is 2.34. The van der Waals surface area contributed by atoms with Gasteiger partial charge in [-0.15, -0.1) is 0 Å². The van der Waals surface area contributed by atoms with Gasteiger partial charge in [0.05, 0.1) is 0 Å². The third-order valence-electron chi connectivity index (χ3n) is 5.94. The van der Waals surface area contributed by atoms with Crippen LogP contribution >= 0.6 is 13.9 Å². The quantitative estimate of drug-likeness (QED) is 0.380. The lowest BCUT2D eigenvalue weighted by molar-refractivity contribution is 0.0576. The Labute approximate surface area is 163 Å². The molecule has 142 valence electrons. The van der Waals surface area contributed by atoms with Gasteiger partial charge in [-0.25, -0.2) is 0 Å². The first-order chi connectivity index (χ1) is 10.7. The molecule has 2 atom stereocenters. The zero-order valence-corrected chi connectivity index (χ0v) is 20.3. The molecule has 2 unspecified atom stereocenters. The molecule has 2 saturated heterocycles. The summed E-state index contributed by atoms with van der Waals surface area (Å²) < 4.78 is 5.32. The Morgan fingerprint density at radius 3 is 0.958 bits per heavy atom. The Hall–Kier alpha value is 1.48. The molecule has 2 rings (SSSR count). The summed E-state index contributed by atoms with van der Waals surface area (Å²) in [5.74, 6) is 0. The summed E-state index contributed by atoms with van der Waals surface area (Å²) in [6.45, 7) is 17.5. The maximum atomic E-state index is 6.24. The minimum Gasteiger partial charge on any atom is -0.739 e. The van der Waals surface area contributed by atoms with Gasteiger partial charge >= 0.3 is 0 Å². The van der Waals surface area contributed by atoms with E-state index in [-0.39, 0.29) is 22.2 Å². The topological polar surface area (TPSA) is 6.48 Å². The van der Waals surface area contributed by atoms with E-state index < -0.39 is 13.9 Å². The SMILES string of the molecule is CC1(C)CCCC(C)(C)N1P([S-])P([S-])N1C(C)(C)CCCC1(C)C. The van der Waals surface area contributed by atoms with Crippen LogP contribution in [-0.4, -0.2) is 31.5 Å². The van der Waals surface area contributed by atoms with Gasteiger partial charge in [0.25, 0.3) is 0 Å². The molecule has 2 aliphatic heterocycles. The number of rotatable bonds is 3. The van der Waals surface area contributed by atoms with Gasteiger partial charge in [0.2, 0.25) is 0 Å². The fourth-order valence-electron chi connectivity index (χ4n) is 5.05. The second kappa shape index (κ2) is 7.14. The van der Waals surface area contributed by atoms with Gasteiger partial charge in [0.15, 0.2) is 0 Å². The zero-order chi connectivity index (χ0) is 18.6. The highest BCUT2D eigenvalue weighted by atomic mass is 33.0. The van der Waals surface area contributed by atoms with Crippen molar-refractivity contribution in [2.75, 3.05) is 0 Å². The monoisotopic (exact) mass is 406 g/mol. The van der Waals surface area contributed by atoms with Crippen LogP contribution in [0.5, 0.6) is 0 Å². The molecule has 0 aromatic heterocycles. The summed E-state index contributed by atoms with van der Waals surface area (Å²) in [6, 6.07) is 0. The molecular weight excluding hydrogens is 370 g/mol. The second-order valence-electron chi connectivity index (χ2n) is 10.1. The van der Waals surface area contributed by atoms with Gasteiger partial charge in [-0.2, -0.15) is 13.9 Å². The molecule has 2 heterocycles. The number of hydrogen-bond donors (Lipinski definition) is 0. The maximum Gasteiger partial charge on any atom is 0.0179 e. The summed E-state index contributed by atoms with van der Waals surface area (Å²) in [6.07, 6.45) is 7.53. The predicted octanol–water partition coefficient (Wildman–Crippen LogP) is 6.71. The lowest BCUT2D eigenvalue weighted by Crippen LogP contribution is -2.57. The highest BCUT2D eigenvalue weighted by molar-refractivity contribution is 8.78. The molecule has 0 bridgehead atoms. The first-order valence-corrected chi connectivity index (χ1v) is 14.6. The van der Waals surface area contributed by atoms with E-state index in [9.17, 15) is 0 Å². The van der Waals surface area contributed by atoms with E-state index in [4.69, 9.17) is 24.5 Å². The molecule has 0 aromatic rings. The van der Waals surface area contributed by atoms with Crippen LogP contribution in [0.2, 0.25) is 0 Å². The molecule has 0 aliphatic carbocycles. The van der Waals surface area contributed by atoms with Gasteiger partial charge in [-0.05, 0) is 93.9 Å². The van der Waals surface area contributed by atoms with E-state index in [1.54, 1.807) is 0 Å². The van der Waals surface area contributed by atoms with E-state index in [0.29, 0.717) is 0 Å². The number of hydrogen-bond acceptors (Lipinski definition) is 4. The summed E-state index contributed by atoms with van der Waals surface area (Å²) in [4.78, 5) is 0. The Morgan fingerprint density at radius 2 is 0.750 bits per heavy atom. The molecule has 0 N–H and O–H groups in total. The third-order valence-corrected chi connectivity index (χ3v) is 15.7. The summed E-state index contributed by atoms with van der Waals surface area (Å²) >= 11 is 12.5. The highest BCUT2D eigenvalue weighted by Crippen LogP contribution is 2.77. The van der Waals surface area contributed by atoms with E-state index in [1.807, 2.05) is 0 Å². The summed E-state index contributed by atoms with van der Waals surface area (Å²) in [5, 5.41) is 0. The lowest BCUT2D eigenvalue weighted by atomic mass is 9.83. The van der Waals surface area contributed by atoms with Crippen molar-refractivity contribution >= 4 is 38.4 Å². The van der Waals surface area contributed by atoms with Crippen molar-refractivity contribution in [1.29, 1.82) is 0 Å². The molecule has 6 heteroatoms. The van der Waals surface area contributed by atoms with Crippen molar-refractivity contribution in [3.8, 4) is 0 Å². The van der Waals surface area contributed by atoms with Crippen molar-refractivity contribution in [3.05, 3.63) is 0 Å². The van der Waals surface area contributed by atoms with Crippen LogP contribution in [0.1, 0.15) is 93.9 Å². The van der Waals surface area contributed by atoms with E-state index in [0.717, 1.165) is 0 Å². The molecule has 0 saturated carbocycles. The van der Waals surface area contributed by atoms with Crippen molar-refractivity contribution < 1.29 is 0 Å². The van der Waals surface area contributed by atoms with E-state index >= 15 is 0 Å². The Kier molecular flexibility index (Phi) is 6.48. The van der Waals surface area contributed by atoms with Crippen LogP contribution < -0.4 is 0 Å². The molecule has 0 aromatic carbocycles. The highest BCUT2D eigenvalue weighted by Gasteiger charge is 2.46. The maximum absolute atomic E-state index is 6.24. The van der Waals surface area contributed by atoms with Crippen molar-refractivity contribution in [1.82, 2.24) is 9.34 Å². The normalized spacial score (nSPS) is 32.2. The second-order valence-corrected chi connectivity index (χ2v) is 17.9. The van der Waals surface area contributed by atoms with Gasteiger partial charge in [-0.3, -0.25) is 9.34 Å². The van der Waals surface area contributed by atoms with Crippen molar-refractivity contribution in [3.63, 3.8) is 0 Å². The van der Waals surface area contributed by atoms with E-state index in [2.05, 4.69) is 64.7 Å². The van der Waals surface area contributed by atoms with Gasteiger partial charge < -0.3 is 24.5 Å². The molecule has 0 amide bonds. The third kappa shape index (κ3) is 4.15. The fraction of sp³-hybridized carbons (Fsp3) is 1.00. The molecule has 0 spiro atoms. The summed E-state index contributed by atoms with van der Waals surface area (Å²) in [5.41, 5.74) is 0.661. The Morgan fingerprint density at radius 1 is 0.542 bits per heavy atom. The predicted molar refractivity (Wildman–Crippen MR) is 116 cm³/mol. The molecular formula is C18H36N2P2S2-2. The van der Waals surface area contributed by atoms with Crippen LogP contribution in [0.4, 0.5) is 0 Å². The first-order valence-electron chi connectivity index (χ1n) is 9.27. The van der Waals surface area contributed by atoms with Crippen LogP contribution in [0.15, 0.2) is 0 Å². The minimum absolute atomic E-state index is 0.165. The molecule has 24 heavy (non-hydrogen) atoms. The van der Waals surface area contributed by atoms with Gasteiger partial charge in [0, 0.05) is 22.2 Å². The minimum atomic E-state index is -0.753. The van der Waals surface area contributed by atoms with Crippen molar-refractivity contribution in [2.24, 2.45) is 0 Å². The average molecular weight is 407 g/mol. The fourth-order valence-corrected chi connectivity index (χ4v) is 15.4. The molecule has 2 fully saturated rings. The molecule has 0 radical (unpaired) electrons. The van der Waals surface area contributed by atoms with Crippen LogP contribution in [0.3, 0.4) is 0 Å². The average Bonchev–Trinajstić information content (AvgIpc) is 2.33. The molecule has 2 aliphatic rings. The van der Waals surface area contributed by atoms with Crippen molar-refractivity contribution in [2.45, 2.75) is 116 Å². The molecule has 2 nitrogen and oxygen atoms in total. The standard InChI is InChI=1S/C18H36N2P2S2/c1-15(2)11-9-12-16(3,4)19(15)21(23)22(24)20-17(5,6)13-10-14-18(20,7)8/h9-14H2,1-8H3/q-2.